The van der Waals surface area contributed by atoms with Crippen molar-refractivity contribution in [2.45, 2.75) is 45.2 Å². The van der Waals surface area contributed by atoms with Crippen LogP contribution in [0, 0.1) is 0 Å². The lowest BCUT2D eigenvalue weighted by molar-refractivity contribution is 0.205. The first-order valence-corrected chi connectivity index (χ1v) is 7.43. The van der Waals surface area contributed by atoms with Gasteiger partial charge in [-0.05, 0) is 45.8 Å². The summed E-state index contributed by atoms with van der Waals surface area (Å²) in [6, 6.07) is 8.20. The molecule has 0 spiro atoms. The molecule has 1 aliphatic heterocycles. The summed E-state index contributed by atoms with van der Waals surface area (Å²) in [5.74, 6) is 0.382. The first-order chi connectivity index (χ1) is 9.16. The molecule has 2 atom stereocenters. The fourth-order valence-corrected chi connectivity index (χ4v) is 2.95. The Morgan fingerprint density at radius 3 is 2.53 bits per heavy atom. The van der Waals surface area contributed by atoms with E-state index in [1.165, 1.54) is 32.4 Å². The highest BCUT2D eigenvalue weighted by atomic mass is 16.3. The molecule has 0 radical (unpaired) electrons. The van der Waals surface area contributed by atoms with Crippen LogP contribution >= 0.6 is 0 Å². The summed E-state index contributed by atoms with van der Waals surface area (Å²) < 4.78 is 0. The van der Waals surface area contributed by atoms with Crippen molar-refractivity contribution in [3.63, 3.8) is 0 Å². The smallest absolute Gasteiger partial charge is 0.120 e. The first-order valence-electron chi connectivity index (χ1n) is 7.43. The number of aromatic hydroxyl groups is 1. The molecule has 0 aliphatic carbocycles. The van der Waals surface area contributed by atoms with Crippen molar-refractivity contribution in [2.24, 2.45) is 0 Å². The van der Waals surface area contributed by atoms with E-state index in [0.717, 1.165) is 12.1 Å². The van der Waals surface area contributed by atoms with E-state index in [4.69, 9.17) is 0 Å². The van der Waals surface area contributed by atoms with E-state index in [9.17, 15) is 5.11 Å². The normalized spacial score (nSPS) is 20.1. The number of piperidine rings is 1. The molecule has 0 aromatic heterocycles. The number of rotatable bonds is 5. The predicted octanol–water partition coefficient (Wildman–Crippen LogP) is 2.92. The molecule has 1 saturated heterocycles. The zero-order valence-corrected chi connectivity index (χ0v) is 12.1. The van der Waals surface area contributed by atoms with Crippen LogP contribution in [-0.4, -0.2) is 35.7 Å². The van der Waals surface area contributed by atoms with Crippen LogP contribution < -0.4 is 5.32 Å². The molecule has 3 heteroatoms. The Bertz CT molecular complexity index is 388. The van der Waals surface area contributed by atoms with Crippen molar-refractivity contribution in [1.82, 2.24) is 10.2 Å². The zero-order chi connectivity index (χ0) is 13.7. The van der Waals surface area contributed by atoms with Crippen LogP contribution in [-0.2, 0) is 0 Å². The van der Waals surface area contributed by atoms with E-state index in [1.54, 1.807) is 6.07 Å². The first kappa shape index (κ1) is 14.4. The summed E-state index contributed by atoms with van der Waals surface area (Å²) in [5, 5.41) is 13.4. The predicted molar refractivity (Wildman–Crippen MR) is 79.4 cm³/mol. The molecule has 19 heavy (non-hydrogen) atoms. The van der Waals surface area contributed by atoms with Gasteiger partial charge in [0, 0.05) is 24.2 Å². The number of likely N-dealkylation sites (tertiary alicyclic amines) is 1. The average molecular weight is 262 g/mol. The Hall–Kier alpha value is -1.06. The second-order valence-electron chi connectivity index (χ2n) is 5.71. The quantitative estimate of drug-likeness (QED) is 0.856. The Morgan fingerprint density at radius 2 is 1.84 bits per heavy atom. The molecule has 106 valence electrons. The van der Waals surface area contributed by atoms with Gasteiger partial charge in [0.15, 0.2) is 0 Å². The molecule has 3 nitrogen and oxygen atoms in total. The van der Waals surface area contributed by atoms with Gasteiger partial charge >= 0.3 is 0 Å². The van der Waals surface area contributed by atoms with E-state index in [0.29, 0.717) is 11.8 Å². The number of nitrogens with zero attached hydrogens (tertiary/aromatic N) is 1. The van der Waals surface area contributed by atoms with E-state index in [-0.39, 0.29) is 6.04 Å². The Labute approximate surface area is 116 Å². The van der Waals surface area contributed by atoms with Gasteiger partial charge in [-0.1, -0.05) is 24.6 Å². The van der Waals surface area contributed by atoms with Crippen LogP contribution in [0.15, 0.2) is 24.3 Å². The topological polar surface area (TPSA) is 35.5 Å². The number of hydrogen-bond donors (Lipinski definition) is 2. The fraction of sp³-hybridized carbons (Fsp3) is 0.625. The van der Waals surface area contributed by atoms with E-state index >= 15 is 0 Å². The third kappa shape index (κ3) is 4.22. The zero-order valence-electron chi connectivity index (χ0n) is 12.1. The minimum absolute atomic E-state index is 0.181. The van der Waals surface area contributed by atoms with Crippen LogP contribution in [0.5, 0.6) is 5.75 Å². The van der Waals surface area contributed by atoms with Crippen LogP contribution in [0.3, 0.4) is 0 Å². The Kier molecular flexibility index (Phi) is 5.23. The summed E-state index contributed by atoms with van der Waals surface area (Å²) in [6.07, 6.45) is 4.05. The Morgan fingerprint density at radius 1 is 1.16 bits per heavy atom. The maximum atomic E-state index is 9.86. The lowest BCUT2D eigenvalue weighted by Gasteiger charge is -2.30. The summed E-state index contributed by atoms with van der Waals surface area (Å²) in [4.78, 5) is 2.54. The van der Waals surface area contributed by atoms with E-state index in [2.05, 4.69) is 24.1 Å². The standard InChI is InChI=1S/C16H26N2O/c1-13(12-18-10-6-3-7-11-18)17-14(2)15-8-4-5-9-16(15)19/h4-5,8-9,13-14,17,19H,3,6-7,10-12H2,1-2H3. The van der Waals surface area contributed by atoms with Crippen molar-refractivity contribution in [3.05, 3.63) is 29.8 Å². The number of benzene rings is 1. The number of para-hydroxylation sites is 1. The van der Waals surface area contributed by atoms with Crippen LogP contribution in [0.4, 0.5) is 0 Å². The molecule has 1 aliphatic rings. The number of phenols is 1. The number of hydrogen-bond acceptors (Lipinski definition) is 3. The van der Waals surface area contributed by atoms with Crippen molar-refractivity contribution in [3.8, 4) is 5.75 Å². The lowest BCUT2D eigenvalue weighted by atomic mass is 10.1. The van der Waals surface area contributed by atoms with Gasteiger partial charge in [0.25, 0.3) is 0 Å². The van der Waals surface area contributed by atoms with Crippen molar-refractivity contribution in [1.29, 1.82) is 0 Å². The molecule has 1 aromatic carbocycles. The minimum atomic E-state index is 0.181. The van der Waals surface area contributed by atoms with E-state index < -0.39 is 0 Å². The summed E-state index contributed by atoms with van der Waals surface area (Å²) in [5.41, 5.74) is 0.980. The fourth-order valence-electron chi connectivity index (χ4n) is 2.95. The molecular weight excluding hydrogens is 236 g/mol. The molecular formula is C16H26N2O. The minimum Gasteiger partial charge on any atom is -0.508 e. The average Bonchev–Trinajstić information content (AvgIpc) is 2.40. The molecule has 2 unspecified atom stereocenters. The van der Waals surface area contributed by atoms with Crippen LogP contribution in [0.2, 0.25) is 0 Å². The second-order valence-corrected chi connectivity index (χ2v) is 5.71. The maximum Gasteiger partial charge on any atom is 0.120 e. The highest BCUT2D eigenvalue weighted by Crippen LogP contribution is 2.23. The summed E-state index contributed by atoms with van der Waals surface area (Å²) in [7, 11) is 0. The number of nitrogens with one attached hydrogen (secondary N) is 1. The van der Waals surface area contributed by atoms with Gasteiger partial charge in [-0.25, -0.2) is 0 Å². The van der Waals surface area contributed by atoms with Gasteiger partial charge in [0.1, 0.15) is 5.75 Å². The molecule has 1 fully saturated rings. The van der Waals surface area contributed by atoms with Crippen molar-refractivity contribution in [2.75, 3.05) is 19.6 Å². The molecule has 2 N–H and O–H groups in total. The lowest BCUT2D eigenvalue weighted by Crippen LogP contribution is -2.42. The molecule has 1 aromatic rings. The van der Waals surface area contributed by atoms with Crippen molar-refractivity contribution < 1.29 is 5.11 Å². The third-order valence-corrected chi connectivity index (χ3v) is 3.92. The van der Waals surface area contributed by atoms with Gasteiger partial charge in [-0.15, -0.1) is 0 Å². The van der Waals surface area contributed by atoms with Gasteiger partial charge < -0.3 is 15.3 Å². The van der Waals surface area contributed by atoms with Crippen LogP contribution in [0.25, 0.3) is 0 Å². The Balaban J connectivity index is 1.84. The molecule has 1 heterocycles. The molecule has 0 saturated carbocycles. The number of phenolic OH excluding ortho intramolecular Hbond substituents is 1. The highest BCUT2D eigenvalue weighted by Gasteiger charge is 2.16. The van der Waals surface area contributed by atoms with Gasteiger partial charge in [0.05, 0.1) is 0 Å². The second kappa shape index (κ2) is 6.92. The highest BCUT2D eigenvalue weighted by molar-refractivity contribution is 5.34. The van der Waals surface area contributed by atoms with Gasteiger partial charge in [0.2, 0.25) is 0 Å². The summed E-state index contributed by atoms with van der Waals surface area (Å²) >= 11 is 0. The molecule has 2 rings (SSSR count). The van der Waals surface area contributed by atoms with Gasteiger partial charge in [-0.2, -0.15) is 0 Å². The summed E-state index contributed by atoms with van der Waals surface area (Å²) in [6.45, 7) is 7.90. The largest absolute Gasteiger partial charge is 0.508 e. The molecule has 0 bridgehead atoms. The van der Waals surface area contributed by atoms with E-state index in [1.807, 2.05) is 18.2 Å². The third-order valence-electron chi connectivity index (χ3n) is 3.92. The molecule has 0 amide bonds. The SMILES string of the molecule is CC(CN1CCCCC1)NC(C)c1ccccc1O. The van der Waals surface area contributed by atoms with Gasteiger partial charge in [-0.3, -0.25) is 0 Å². The maximum absolute atomic E-state index is 9.86. The monoisotopic (exact) mass is 262 g/mol. The van der Waals surface area contributed by atoms with Crippen molar-refractivity contribution >= 4 is 0 Å². The van der Waals surface area contributed by atoms with Crippen LogP contribution in [0.1, 0.15) is 44.7 Å².